The molecule has 1 aromatic rings. The van der Waals surface area contributed by atoms with Crippen LogP contribution >= 0.6 is 0 Å². The molecule has 7 fully saturated rings. The summed E-state index contributed by atoms with van der Waals surface area (Å²) in [5.74, 6) is 5.17. The number of likely N-dealkylation sites (N-methyl/N-ethyl adjacent to an activating group) is 1. The number of rotatable bonds is 6. The lowest BCUT2D eigenvalue weighted by Gasteiger charge is -2.72. The molecule has 0 radical (unpaired) electrons. The molecular weight excluding hydrogens is 759 g/mol. The lowest BCUT2D eigenvalue weighted by molar-refractivity contribution is -0.348. The SMILES string of the molecule is CN[C@@H]1Cc2c(cccc2CO)C#CCC[C@]23CC[C@H]4[C@@](O)(C[C@@H]5C[C@H]([C@@H](C)C6CCCC6)CC[C@H]6[C@@H](O)CC[C@@]4(C=O)[C@]56O)[C@@]2(O)C[C@@H]2C[C@H]1[C@@H]1OC(=O)C=C1[C@@]23CO. The molecule has 10 aliphatic rings. The highest BCUT2D eigenvalue weighted by Gasteiger charge is 2.85. The smallest absolute Gasteiger partial charge is 0.331 e. The fourth-order valence-electron chi connectivity index (χ4n) is 17.6. The first-order valence-corrected chi connectivity index (χ1v) is 23.6. The number of fused-ring (bicyclic) bond motifs is 6. The van der Waals surface area contributed by atoms with Gasteiger partial charge in [0.2, 0.25) is 0 Å². The van der Waals surface area contributed by atoms with Gasteiger partial charge in [0.15, 0.2) is 0 Å². The lowest BCUT2D eigenvalue weighted by Crippen LogP contribution is -2.81. The summed E-state index contributed by atoms with van der Waals surface area (Å²) < 4.78 is 6.26. The van der Waals surface area contributed by atoms with Crippen LogP contribution in [0.25, 0.3) is 0 Å². The molecule has 0 saturated heterocycles. The second-order valence-electron chi connectivity index (χ2n) is 21.4. The Morgan fingerprint density at radius 2 is 1.77 bits per heavy atom. The summed E-state index contributed by atoms with van der Waals surface area (Å²) in [5, 5.41) is 79.9. The summed E-state index contributed by atoms with van der Waals surface area (Å²) in [4.78, 5) is 27.8. The minimum atomic E-state index is -1.83. The number of benzene rings is 1. The third kappa shape index (κ3) is 5.09. The van der Waals surface area contributed by atoms with E-state index in [1.807, 2.05) is 25.2 Å². The van der Waals surface area contributed by atoms with Gasteiger partial charge in [0.25, 0.3) is 0 Å². The molecule has 16 atom stereocenters. The molecule has 0 amide bonds. The molecule has 1 aromatic carbocycles. The van der Waals surface area contributed by atoms with Crippen molar-refractivity contribution in [3.63, 3.8) is 0 Å². The first kappa shape index (κ1) is 41.4. The molecule has 7 saturated carbocycles. The Bertz CT molecular complexity index is 2000. The summed E-state index contributed by atoms with van der Waals surface area (Å²) in [6, 6.07) is 5.57. The van der Waals surface area contributed by atoms with Gasteiger partial charge in [-0.15, -0.1) is 0 Å². The van der Waals surface area contributed by atoms with E-state index in [1.165, 1.54) is 25.7 Å². The number of hydrogen-bond donors (Lipinski definition) is 7. The molecule has 11 rings (SSSR count). The van der Waals surface area contributed by atoms with Crippen LogP contribution in [0, 0.1) is 75.4 Å². The van der Waals surface area contributed by atoms with Gasteiger partial charge in [-0.2, -0.15) is 0 Å². The van der Waals surface area contributed by atoms with Crippen molar-refractivity contribution in [3.05, 3.63) is 46.5 Å². The largest absolute Gasteiger partial charge is 0.454 e. The van der Waals surface area contributed by atoms with Gasteiger partial charge in [0.05, 0.1) is 35.9 Å². The second-order valence-corrected chi connectivity index (χ2v) is 21.4. The lowest BCUT2D eigenvalue weighted by atomic mass is 9.34. The van der Waals surface area contributed by atoms with Crippen molar-refractivity contribution >= 4 is 12.3 Å². The molecule has 10 heteroatoms. The molecule has 60 heavy (non-hydrogen) atoms. The summed E-state index contributed by atoms with van der Waals surface area (Å²) >= 11 is 0. The Balaban J connectivity index is 1.16. The number of ether oxygens (including phenoxy) is 1. The minimum absolute atomic E-state index is 0.0941. The molecule has 10 nitrogen and oxygen atoms in total. The van der Waals surface area contributed by atoms with Crippen molar-refractivity contribution in [2.24, 2.45) is 63.6 Å². The zero-order valence-electron chi connectivity index (χ0n) is 35.6. The molecule has 1 spiro atoms. The van der Waals surface area contributed by atoms with Gasteiger partial charge in [-0.25, -0.2) is 4.79 Å². The predicted octanol–water partition coefficient (Wildman–Crippen LogP) is 4.52. The highest BCUT2D eigenvalue weighted by molar-refractivity contribution is 5.87. The van der Waals surface area contributed by atoms with E-state index in [4.69, 9.17) is 4.74 Å². The molecule has 1 aliphatic heterocycles. The Morgan fingerprint density at radius 1 is 0.967 bits per heavy atom. The van der Waals surface area contributed by atoms with Gasteiger partial charge >= 0.3 is 5.97 Å². The van der Waals surface area contributed by atoms with Crippen LogP contribution in [0.5, 0.6) is 0 Å². The van der Waals surface area contributed by atoms with Gasteiger partial charge in [0.1, 0.15) is 18.0 Å². The molecule has 326 valence electrons. The van der Waals surface area contributed by atoms with Crippen LogP contribution in [0.3, 0.4) is 0 Å². The Kier molecular flexibility index (Phi) is 9.97. The van der Waals surface area contributed by atoms with Crippen LogP contribution in [0.2, 0.25) is 0 Å². The van der Waals surface area contributed by atoms with Gasteiger partial charge < -0.3 is 45.5 Å². The summed E-state index contributed by atoms with van der Waals surface area (Å²) in [6.07, 6.45) is 11.2. The Hall–Kier alpha value is -2.62. The van der Waals surface area contributed by atoms with E-state index in [1.54, 1.807) is 6.08 Å². The second kappa shape index (κ2) is 14.5. The predicted molar refractivity (Wildman–Crippen MR) is 223 cm³/mol. The van der Waals surface area contributed by atoms with Gasteiger partial charge in [-0.05, 0) is 136 Å². The summed E-state index contributed by atoms with van der Waals surface area (Å²) in [5.41, 5.74) is -5.61. The van der Waals surface area contributed by atoms with E-state index in [0.29, 0.717) is 75.2 Å². The quantitative estimate of drug-likeness (QED) is 0.123. The maximum Gasteiger partial charge on any atom is 0.331 e. The number of aliphatic hydroxyl groups excluding tert-OH is 3. The maximum absolute atomic E-state index is 14.3. The number of nitrogens with one attached hydrogen (secondary N) is 1. The normalized spacial score (nSPS) is 48.5. The number of aliphatic hydroxyl groups is 6. The van der Waals surface area contributed by atoms with E-state index in [-0.39, 0.29) is 56.3 Å². The van der Waals surface area contributed by atoms with Crippen molar-refractivity contribution in [2.75, 3.05) is 13.7 Å². The van der Waals surface area contributed by atoms with Gasteiger partial charge in [-0.1, -0.05) is 56.6 Å². The van der Waals surface area contributed by atoms with Crippen molar-refractivity contribution in [2.45, 2.75) is 158 Å². The van der Waals surface area contributed by atoms with Gasteiger partial charge in [-0.3, -0.25) is 0 Å². The van der Waals surface area contributed by atoms with Crippen molar-refractivity contribution < 1.29 is 45.0 Å². The molecule has 7 N–H and O–H groups in total. The van der Waals surface area contributed by atoms with Crippen LogP contribution < -0.4 is 5.32 Å². The van der Waals surface area contributed by atoms with E-state index in [0.717, 1.165) is 29.4 Å². The molecule has 4 bridgehead atoms. The molecular formula is C50H67NO9. The van der Waals surface area contributed by atoms with Crippen LogP contribution in [0.1, 0.15) is 126 Å². The standard InChI is InChI=1S/C50H67NO9/c1-29(30-8-3-4-9-30)32-13-14-38-41(55)15-18-45(27-53)42-16-19-46-17-6-5-10-31-11-7-12-33(26-52)36(31)22-40(51-2)37-21-34(47(46,28-54)39-23-43(56)60-44(37)39)25-49(46,58)48(42,57)24-35(20-32)50(38,45)59/h7,11-12,23,27,29-30,32,34-35,37-38,40-42,44,51-52,54-55,57-59H,3-4,6,8-9,13-22,24-26,28H2,1-2H3/t29-,32+,34-,35-,37+,38-,40+,41-,42+,44-,45-,46+,47+,48-,49+,50-/m0/s1. The first-order chi connectivity index (χ1) is 28.8. The molecule has 9 aliphatic carbocycles. The van der Waals surface area contributed by atoms with E-state index in [9.17, 15) is 40.2 Å². The third-order valence-electron chi connectivity index (χ3n) is 20.2. The van der Waals surface area contributed by atoms with Crippen molar-refractivity contribution in [1.29, 1.82) is 0 Å². The minimum Gasteiger partial charge on any atom is -0.454 e. The third-order valence-corrected chi connectivity index (χ3v) is 20.2. The number of carbonyl (C=O) groups excluding carboxylic acids is 2. The van der Waals surface area contributed by atoms with Crippen LogP contribution in [-0.4, -0.2) is 91.6 Å². The summed E-state index contributed by atoms with van der Waals surface area (Å²) in [7, 11) is 1.89. The topological polar surface area (TPSA) is 177 Å². The Labute approximate surface area is 354 Å². The first-order valence-electron chi connectivity index (χ1n) is 23.6. The highest BCUT2D eigenvalue weighted by Crippen LogP contribution is 2.81. The Morgan fingerprint density at radius 3 is 2.50 bits per heavy atom. The number of carbonyl (C=O) groups is 2. The number of hydrogen-bond acceptors (Lipinski definition) is 10. The van der Waals surface area contributed by atoms with E-state index < -0.39 is 69.0 Å². The fraction of sp³-hybridized carbons (Fsp3) is 0.760. The monoisotopic (exact) mass is 825 g/mol. The summed E-state index contributed by atoms with van der Waals surface area (Å²) in [6.45, 7) is 1.86. The molecule has 1 heterocycles. The highest BCUT2D eigenvalue weighted by atomic mass is 16.5. The van der Waals surface area contributed by atoms with Crippen molar-refractivity contribution in [3.8, 4) is 11.8 Å². The van der Waals surface area contributed by atoms with Gasteiger partial charge in [0, 0.05) is 52.7 Å². The van der Waals surface area contributed by atoms with Crippen LogP contribution in [0.15, 0.2) is 29.8 Å². The number of esters is 1. The van der Waals surface area contributed by atoms with E-state index >= 15 is 0 Å². The van der Waals surface area contributed by atoms with Crippen LogP contribution in [-0.2, 0) is 27.4 Å². The maximum atomic E-state index is 14.3. The zero-order valence-corrected chi connectivity index (χ0v) is 35.6. The fourth-order valence-corrected chi connectivity index (χ4v) is 17.6. The molecule has 0 unspecified atom stereocenters. The average Bonchev–Trinajstić information content (AvgIpc) is 3.95. The average molecular weight is 826 g/mol. The number of aldehydes is 1. The zero-order chi connectivity index (χ0) is 42.0. The van der Waals surface area contributed by atoms with E-state index in [2.05, 4.69) is 24.1 Å². The molecule has 0 aromatic heterocycles. The van der Waals surface area contributed by atoms with Crippen LogP contribution in [0.4, 0.5) is 0 Å². The van der Waals surface area contributed by atoms with Crippen molar-refractivity contribution in [1.82, 2.24) is 5.32 Å².